The van der Waals surface area contributed by atoms with E-state index < -0.39 is 13.6 Å². The van der Waals surface area contributed by atoms with E-state index in [0.717, 1.165) is 0 Å². The lowest BCUT2D eigenvalue weighted by molar-refractivity contribution is 0.180. The molecule has 0 saturated heterocycles. The van der Waals surface area contributed by atoms with Gasteiger partial charge in [0.25, 0.3) is 0 Å². The fourth-order valence-corrected chi connectivity index (χ4v) is 0.670. The average molecular weight is 185 g/mol. The van der Waals surface area contributed by atoms with Crippen LogP contribution in [0.4, 0.5) is 0 Å². The third-order valence-corrected chi connectivity index (χ3v) is 1.31. The molecule has 0 aromatic rings. The van der Waals surface area contributed by atoms with Crippen molar-refractivity contribution in [2.24, 2.45) is 17.2 Å². The van der Waals surface area contributed by atoms with Crippen molar-refractivity contribution in [1.82, 2.24) is 0 Å². The lowest BCUT2D eigenvalue weighted by Gasteiger charge is -2.17. The van der Waals surface area contributed by atoms with Gasteiger partial charge in [-0.3, -0.25) is 4.52 Å². The Morgan fingerprint density at radius 2 is 1.82 bits per heavy atom. The Bertz CT molecular complexity index is 160. The third kappa shape index (κ3) is 9.99. The second-order valence-electron chi connectivity index (χ2n) is 2.19. The van der Waals surface area contributed by atoms with E-state index in [1.54, 1.807) is 0 Å². The fourth-order valence-electron chi connectivity index (χ4n) is 0.341. The summed E-state index contributed by atoms with van der Waals surface area (Å²) in [5, 5.41) is 0. The lowest BCUT2D eigenvalue weighted by Crippen LogP contribution is -2.58. The minimum absolute atomic E-state index is 0.0297. The topological polar surface area (TPSA) is 145 Å². The molecule has 0 rings (SSSR count). The second kappa shape index (κ2) is 3.59. The molecule has 8 N–H and O–H groups in total. The number of hydrogen-bond acceptors (Lipinski definition) is 5. The Morgan fingerprint density at radius 3 is 2.09 bits per heavy atom. The first-order chi connectivity index (χ1) is 4.71. The van der Waals surface area contributed by atoms with Crippen LogP contribution in [0.5, 0.6) is 0 Å². The highest BCUT2D eigenvalue weighted by Crippen LogP contribution is 2.35. The van der Waals surface area contributed by atoms with Crippen molar-refractivity contribution in [2.45, 2.75) is 12.2 Å². The Morgan fingerprint density at radius 1 is 1.36 bits per heavy atom. The number of phosphoric ester groups is 1. The van der Waals surface area contributed by atoms with E-state index in [4.69, 9.17) is 27.0 Å². The molecule has 0 radical (unpaired) electrons. The maximum atomic E-state index is 10.1. The summed E-state index contributed by atoms with van der Waals surface area (Å²) >= 11 is 0. The Balaban J connectivity index is 3.52. The van der Waals surface area contributed by atoms with E-state index in [-0.39, 0.29) is 13.0 Å². The van der Waals surface area contributed by atoms with Crippen LogP contribution in [0.1, 0.15) is 6.42 Å². The number of hydrogen-bond donors (Lipinski definition) is 5. The molecular weight excluding hydrogens is 173 g/mol. The third-order valence-electron chi connectivity index (χ3n) is 0.795. The van der Waals surface area contributed by atoms with Gasteiger partial charge in [-0.25, -0.2) is 4.57 Å². The lowest BCUT2D eigenvalue weighted by atomic mass is 10.3. The van der Waals surface area contributed by atoms with Gasteiger partial charge < -0.3 is 27.0 Å². The molecule has 0 aliphatic rings. The minimum Gasteiger partial charge on any atom is -0.303 e. The molecule has 0 amide bonds. The molecule has 0 atom stereocenters. The Hall–Kier alpha value is -0.0100. The van der Waals surface area contributed by atoms with Gasteiger partial charge in [0.1, 0.15) is 5.79 Å². The average Bonchev–Trinajstić information content (AvgIpc) is 1.55. The molecule has 0 bridgehead atoms. The summed E-state index contributed by atoms with van der Waals surface area (Å²) in [5.41, 5.74) is 15.3. The summed E-state index contributed by atoms with van der Waals surface area (Å²) in [7, 11) is -4.42. The van der Waals surface area contributed by atoms with Crippen LogP contribution >= 0.6 is 7.82 Å². The van der Waals surface area contributed by atoms with Crippen LogP contribution in [0.3, 0.4) is 0 Å². The van der Waals surface area contributed by atoms with E-state index in [1.807, 2.05) is 0 Å². The van der Waals surface area contributed by atoms with Crippen molar-refractivity contribution in [2.75, 3.05) is 6.61 Å². The van der Waals surface area contributed by atoms with Crippen LogP contribution < -0.4 is 17.2 Å². The summed E-state index contributed by atoms with van der Waals surface area (Å²) < 4.78 is 14.1. The van der Waals surface area contributed by atoms with Gasteiger partial charge >= 0.3 is 7.82 Å². The number of phosphoric acid groups is 1. The maximum Gasteiger partial charge on any atom is 0.469 e. The molecule has 0 aromatic heterocycles. The summed E-state index contributed by atoms with van der Waals surface area (Å²) in [6.07, 6.45) is -0.0297. The molecule has 0 aromatic carbocycles. The minimum atomic E-state index is -4.42. The van der Waals surface area contributed by atoms with Crippen LogP contribution in [-0.2, 0) is 9.09 Å². The van der Waals surface area contributed by atoms with E-state index >= 15 is 0 Å². The standard InChI is InChI=1S/C3H12N3O4P/c4-3(5,6)1-2-10-11(7,8)9/h1-2,4-6H2,(H2,7,8,9). The summed E-state index contributed by atoms with van der Waals surface area (Å²) in [4.78, 5) is 16.4. The van der Waals surface area contributed by atoms with E-state index in [1.165, 1.54) is 0 Å². The zero-order valence-electron chi connectivity index (χ0n) is 5.80. The van der Waals surface area contributed by atoms with Crippen LogP contribution in [-0.4, -0.2) is 22.2 Å². The zero-order valence-corrected chi connectivity index (χ0v) is 6.70. The molecule has 7 nitrogen and oxygen atoms in total. The number of nitrogens with two attached hydrogens (primary N) is 3. The SMILES string of the molecule is NC(N)(N)CCOP(=O)(O)O. The highest BCUT2D eigenvalue weighted by Gasteiger charge is 2.17. The largest absolute Gasteiger partial charge is 0.469 e. The van der Waals surface area contributed by atoms with Gasteiger partial charge in [-0.05, 0) is 0 Å². The molecule has 68 valence electrons. The maximum absolute atomic E-state index is 10.1. The Kier molecular flexibility index (Phi) is 3.59. The molecule has 0 saturated carbocycles. The monoisotopic (exact) mass is 185 g/mol. The smallest absolute Gasteiger partial charge is 0.303 e. The molecule has 0 unspecified atom stereocenters. The van der Waals surface area contributed by atoms with Gasteiger partial charge in [-0.15, -0.1) is 0 Å². The molecule has 8 heteroatoms. The van der Waals surface area contributed by atoms with Crippen LogP contribution in [0.25, 0.3) is 0 Å². The summed E-state index contributed by atoms with van der Waals surface area (Å²) in [5.74, 6) is -1.45. The molecule has 0 spiro atoms. The normalized spacial score (nSPS) is 13.5. The van der Waals surface area contributed by atoms with Crippen LogP contribution in [0, 0.1) is 0 Å². The van der Waals surface area contributed by atoms with E-state index in [0.29, 0.717) is 0 Å². The van der Waals surface area contributed by atoms with Gasteiger partial charge in [-0.1, -0.05) is 0 Å². The first-order valence-corrected chi connectivity index (χ1v) is 4.30. The van der Waals surface area contributed by atoms with Crippen molar-refractivity contribution < 1.29 is 18.9 Å². The van der Waals surface area contributed by atoms with E-state index in [2.05, 4.69) is 4.52 Å². The summed E-state index contributed by atoms with van der Waals surface area (Å²) in [6.45, 7) is -0.270. The van der Waals surface area contributed by atoms with Gasteiger partial charge in [0, 0.05) is 6.42 Å². The first kappa shape index (κ1) is 11.0. The fraction of sp³-hybridized carbons (Fsp3) is 1.00. The molecule has 11 heavy (non-hydrogen) atoms. The van der Waals surface area contributed by atoms with Crippen molar-refractivity contribution in [3.63, 3.8) is 0 Å². The highest BCUT2D eigenvalue weighted by atomic mass is 31.2. The first-order valence-electron chi connectivity index (χ1n) is 2.77. The van der Waals surface area contributed by atoms with Crippen molar-refractivity contribution >= 4 is 7.82 Å². The van der Waals surface area contributed by atoms with Crippen LogP contribution in [0.2, 0.25) is 0 Å². The van der Waals surface area contributed by atoms with Crippen molar-refractivity contribution in [3.8, 4) is 0 Å². The second-order valence-corrected chi connectivity index (χ2v) is 3.43. The zero-order chi connectivity index (χ0) is 9.12. The van der Waals surface area contributed by atoms with Gasteiger partial charge in [0.2, 0.25) is 0 Å². The molecule has 0 aliphatic carbocycles. The quantitative estimate of drug-likeness (QED) is 0.252. The molecular formula is C3H12N3O4P. The summed E-state index contributed by atoms with van der Waals surface area (Å²) in [6, 6.07) is 0. The highest BCUT2D eigenvalue weighted by molar-refractivity contribution is 7.46. The molecule has 0 heterocycles. The molecule has 0 fully saturated rings. The van der Waals surface area contributed by atoms with Crippen molar-refractivity contribution in [1.29, 1.82) is 0 Å². The Labute approximate surface area is 63.7 Å². The molecule has 0 aliphatic heterocycles. The predicted molar refractivity (Wildman–Crippen MR) is 37.9 cm³/mol. The van der Waals surface area contributed by atoms with Crippen LogP contribution in [0.15, 0.2) is 0 Å². The van der Waals surface area contributed by atoms with Crippen molar-refractivity contribution in [3.05, 3.63) is 0 Å². The number of rotatable bonds is 4. The predicted octanol–water partition coefficient (Wildman–Crippen LogP) is -1.98. The van der Waals surface area contributed by atoms with Gasteiger partial charge in [-0.2, -0.15) is 0 Å². The van der Waals surface area contributed by atoms with Gasteiger partial charge in [0.05, 0.1) is 6.61 Å². The van der Waals surface area contributed by atoms with E-state index in [9.17, 15) is 4.57 Å². The van der Waals surface area contributed by atoms with Gasteiger partial charge in [0.15, 0.2) is 0 Å².